The summed E-state index contributed by atoms with van der Waals surface area (Å²) in [6.07, 6.45) is -1.33. The van der Waals surface area contributed by atoms with E-state index in [1.807, 2.05) is 18.2 Å². The van der Waals surface area contributed by atoms with Crippen LogP contribution < -0.4 is 5.32 Å². The van der Waals surface area contributed by atoms with Gasteiger partial charge in [-0.1, -0.05) is 42.5 Å². The number of rotatable bonds is 10. The number of piperazine rings is 1. The van der Waals surface area contributed by atoms with Crippen molar-refractivity contribution >= 4 is 23.9 Å². The predicted molar refractivity (Wildman–Crippen MR) is 152 cm³/mol. The van der Waals surface area contributed by atoms with Crippen molar-refractivity contribution in [2.45, 2.75) is 25.8 Å². The molecular formula is C30H30N6O7. The molecule has 0 saturated carbocycles. The number of carbonyl (C=O) groups excluding carboxylic acids is 3. The second kappa shape index (κ2) is 14.5. The minimum absolute atomic E-state index is 0.0195. The quantitative estimate of drug-likeness (QED) is 0.334. The van der Waals surface area contributed by atoms with Crippen molar-refractivity contribution < 1.29 is 33.9 Å². The highest BCUT2D eigenvalue weighted by Crippen LogP contribution is 2.23. The summed E-state index contributed by atoms with van der Waals surface area (Å²) in [5.41, 5.74) is 2.18. The van der Waals surface area contributed by atoms with Gasteiger partial charge in [0.15, 0.2) is 5.82 Å². The number of amides is 2. The van der Waals surface area contributed by atoms with Gasteiger partial charge < -0.3 is 24.9 Å². The van der Waals surface area contributed by atoms with Crippen molar-refractivity contribution in [2.75, 3.05) is 32.8 Å². The SMILES string of the molecule is CCOC(=O)ON1CCN(C(=O)[C@H](CCC(=O)O)NC(=O)c2cc(-c3ccc(C#N)cc3)nc(-c3ccccc3)n2)CC1. The first-order valence-electron chi connectivity index (χ1n) is 13.6. The number of hydroxylamine groups is 2. The van der Waals surface area contributed by atoms with Crippen LogP contribution in [0.25, 0.3) is 22.6 Å². The van der Waals surface area contributed by atoms with Crippen molar-refractivity contribution in [1.29, 1.82) is 5.26 Å². The summed E-state index contributed by atoms with van der Waals surface area (Å²) < 4.78 is 4.77. The van der Waals surface area contributed by atoms with Gasteiger partial charge in [0, 0.05) is 30.6 Å². The van der Waals surface area contributed by atoms with Crippen LogP contribution in [0.2, 0.25) is 0 Å². The maximum absolute atomic E-state index is 13.5. The van der Waals surface area contributed by atoms with E-state index >= 15 is 0 Å². The Morgan fingerprint density at radius 1 is 1.00 bits per heavy atom. The lowest BCUT2D eigenvalue weighted by Gasteiger charge is -2.35. The monoisotopic (exact) mass is 586 g/mol. The van der Waals surface area contributed by atoms with Crippen molar-refractivity contribution in [2.24, 2.45) is 0 Å². The molecule has 0 unspecified atom stereocenters. The highest BCUT2D eigenvalue weighted by Gasteiger charge is 2.31. The van der Waals surface area contributed by atoms with E-state index in [0.717, 1.165) is 0 Å². The zero-order valence-electron chi connectivity index (χ0n) is 23.4. The van der Waals surface area contributed by atoms with E-state index in [1.54, 1.807) is 43.3 Å². The fourth-order valence-electron chi connectivity index (χ4n) is 4.37. The molecule has 43 heavy (non-hydrogen) atoms. The number of hydrogen-bond donors (Lipinski definition) is 2. The standard InChI is InChI=1S/C30H30N6O7/c1-2-42-30(41)43-36-16-14-35(15-17-36)29(40)23(12-13-26(37)38)34-28(39)25-18-24(21-10-8-20(19-31)9-11-21)32-27(33-25)22-6-4-3-5-7-22/h3-11,18,23H,2,12-17H2,1H3,(H,34,39)(H,37,38)/t23-/m0/s1. The molecule has 13 nitrogen and oxygen atoms in total. The van der Waals surface area contributed by atoms with Crippen LogP contribution in [0, 0.1) is 11.3 Å². The summed E-state index contributed by atoms with van der Waals surface area (Å²) in [4.78, 5) is 65.6. The number of carbonyl (C=O) groups is 4. The molecule has 2 aromatic carbocycles. The van der Waals surface area contributed by atoms with Crippen molar-refractivity contribution in [3.63, 3.8) is 0 Å². The number of nitrogens with zero attached hydrogens (tertiary/aromatic N) is 5. The Hall–Kier alpha value is -5.35. The molecule has 1 aliphatic rings. The number of carboxylic acids is 1. The maximum Gasteiger partial charge on any atom is 0.527 e. The molecule has 0 spiro atoms. The van der Waals surface area contributed by atoms with Gasteiger partial charge in [-0.25, -0.2) is 14.8 Å². The lowest BCUT2D eigenvalue weighted by Crippen LogP contribution is -2.55. The molecule has 0 aliphatic carbocycles. The molecule has 1 aliphatic heterocycles. The smallest absolute Gasteiger partial charge is 0.481 e. The largest absolute Gasteiger partial charge is 0.527 e. The highest BCUT2D eigenvalue weighted by molar-refractivity contribution is 5.97. The minimum atomic E-state index is -1.14. The van der Waals surface area contributed by atoms with Crippen LogP contribution >= 0.6 is 0 Å². The van der Waals surface area contributed by atoms with E-state index in [-0.39, 0.29) is 57.1 Å². The van der Waals surface area contributed by atoms with Gasteiger partial charge in [0.2, 0.25) is 5.91 Å². The van der Waals surface area contributed by atoms with Crippen molar-refractivity contribution in [1.82, 2.24) is 25.2 Å². The van der Waals surface area contributed by atoms with Crippen LogP contribution in [0.4, 0.5) is 4.79 Å². The number of aromatic nitrogens is 2. The average molecular weight is 587 g/mol. The highest BCUT2D eigenvalue weighted by atomic mass is 16.8. The molecule has 4 rings (SSSR count). The van der Waals surface area contributed by atoms with Crippen molar-refractivity contribution in [3.8, 4) is 28.7 Å². The Bertz CT molecular complexity index is 1500. The van der Waals surface area contributed by atoms with Gasteiger partial charge in [-0.15, -0.1) is 5.06 Å². The molecule has 2 amide bonds. The van der Waals surface area contributed by atoms with Crippen LogP contribution in [0.5, 0.6) is 0 Å². The summed E-state index contributed by atoms with van der Waals surface area (Å²) in [6, 6.07) is 18.1. The van der Waals surface area contributed by atoms with E-state index in [9.17, 15) is 24.3 Å². The third-order valence-corrected chi connectivity index (χ3v) is 6.57. The van der Waals surface area contributed by atoms with Gasteiger partial charge in [-0.05, 0) is 31.5 Å². The van der Waals surface area contributed by atoms with Crippen LogP contribution in [0.3, 0.4) is 0 Å². The average Bonchev–Trinajstić information content (AvgIpc) is 3.03. The number of carboxylic acid groups (broad SMARTS) is 1. The maximum atomic E-state index is 13.5. The summed E-state index contributed by atoms with van der Waals surface area (Å²) >= 11 is 0. The molecule has 222 valence electrons. The lowest BCUT2D eigenvalue weighted by molar-refractivity contribution is -0.157. The van der Waals surface area contributed by atoms with Gasteiger partial charge in [-0.2, -0.15) is 5.26 Å². The third kappa shape index (κ3) is 8.34. The third-order valence-electron chi connectivity index (χ3n) is 6.57. The number of aliphatic carboxylic acids is 1. The van der Waals surface area contributed by atoms with Crippen LogP contribution in [0.1, 0.15) is 35.8 Å². The Morgan fingerprint density at radius 2 is 1.70 bits per heavy atom. The van der Waals surface area contributed by atoms with Gasteiger partial charge in [0.25, 0.3) is 5.91 Å². The molecular weight excluding hydrogens is 556 g/mol. The number of nitrogens with one attached hydrogen (secondary N) is 1. The van der Waals surface area contributed by atoms with E-state index in [0.29, 0.717) is 22.4 Å². The molecule has 1 atom stereocenters. The first-order valence-corrected chi connectivity index (χ1v) is 13.6. The Labute approximate surface area is 247 Å². The molecule has 2 N–H and O–H groups in total. The molecule has 1 saturated heterocycles. The first kappa shape index (κ1) is 30.6. The molecule has 2 heterocycles. The number of ether oxygens (including phenoxy) is 1. The summed E-state index contributed by atoms with van der Waals surface area (Å²) in [5.74, 6) is -1.98. The number of nitriles is 1. The number of hydrogen-bond acceptors (Lipinski definition) is 10. The topological polar surface area (TPSA) is 175 Å². The molecule has 0 radical (unpaired) electrons. The minimum Gasteiger partial charge on any atom is -0.481 e. The fraction of sp³-hybridized carbons (Fsp3) is 0.300. The summed E-state index contributed by atoms with van der Waals surface area (Å²) in [6.45, 7) is 2.62. The molecule has 13 heteroatoms. The summed E-state index contributed by atoms with van der Waals surface area (Å²) in [5, 5.41) is 22.5. The second-order valence-corrected chi connectivity index (χ2v) is 9.50. The Morgan fingerprint density at radius 3 is 2.33 bits per heavy atom. The zero-order valence-corrected chi connectivity index (χ0v) is 23.4. The number of benzene rings is 2. The van der Waals surface area contributed by atoms with E-state index in [4.69, 9.17) is 14.8 Å². The molecule has 0 bridgehead atoms. The van der Waals surface area contributed by atoms with Crippen molar-refractivity contribution in [3.05, 3.63) is 71.9 Å². The van der Waals surface area contributed by atoms with Gasteiger partial charge in [0.1, 0.15) is 11.7 Å². The van der Waals surface area contributed by atoms with E-state index < -0.39 is 30.0 Å². The summed E-state index contributed by atoms with van der Waals surface area (Å²) in [7, 11) is 0. The lowest BCUT2D eigenvalue weighted by atomic mass is 10.1. The van der Waals surface area contributed by atoms with Crippen LogP contribution in [-0.4, -0.2) is 87.8 Å². The molecule has 1 aromatic heterocycles. The molecule has 1 fully saturated rings. The van der Waals surface area contributed by atoms with Gasteiger partial charge in [-0.3, -0.25) is 14.4 Å². The van der Waals surface area contributed by atoms with Gasteiger partial charge >= 0.3 is 12.1 Å². The predicted octanol–water partition coefficient (Wildman–Crippen LogP) is 2.88. The second-order valence-electron chi connectivity index (χ2n) is 9.50. The van der Waals surface area contributed by atoms with Crippen LogP contribution in [-0.2, 0) is 19.2 Å². The fourth-order valence-corrected chi connectivity index (χ4v) is 4.37. The Balaban J connectivity index is 1.56. The normalized spacial score (nSPS) is 13.8. The molecule has 3 aromatic rings. The van der Waals surface area contributed by atoms with Crippen LogP contribution in [0.15, 0.2) is 60.7 Å². The van der Waals surface area contributed by atoms with E-state index in [1.165, 1.54) is 16.0 Å². The zero-order chi connectivity index (χ0) is 30.8. The first-order chi connectivity index (χ1) is 20.8. The van der Waals surface area contributed by atoms with E-state index in [2.05, 4.69) is 21.4 Å². The Kier molecular flexibility index (Phi) is 10.3. The van der Waals surface area contributed by atoms with Gasteiger partial charge in [0.05, 0.1) is 37.0 Å².